The molecule has 198 valence electrons. The number of amides is 3. The van der Waals surface area contributed by atoms with E-state index in [1.54, 1.807) is 54.1 Å². The normalized spacial score (nSPS) is 18.5. The largest absolute Gasteiger partial charge is 0.392 e. The van der Waals surface area contributed by atoms with Gasteiger partial charge in [0.1, 0.15) is 5.69 Å². The zero-order chi connectivity index (χ0) is 27.0. The van der Waals surface area contributed by atoms with E-state index >= 15 is 0 Å². The highest BCUT2D eigenvalue weighted by atomic mass is 35.5. The summed E-state index contributed by atoms with van der Waals surface area (Å²) >= 11 is 12.5. The van der Waals surface area contributed by atoms with E-state index in [9.17, 15) is 23.1 Å². The molecule has 2 aromatic carbocycles. The van der Waals surface area contributed by atoms with Crippen molar-refractivity contribution in [2.75, 3.05) is 20.1 Å². The van der Waals surface area contributed by atoms with Crippen molar-refractivity contribution >= 4 is 56.3 Å². The lowest BCUT2D eigenvalue weighted by atomic mass is 9.82. The van der Waals surface area contributed by atoms with Crippen LogP contribution in [0.2, 0.25) is 10.0 Å². The number of halogens is 2. The van der Waals surface area contributed by atoms with Gasteiger partial charge in [-0.1, -0.05) is 47.5 Å². The van der Waals surface area contributed by atoms with Gasteiger partial charge in [0.2, 0.25) is 0 Å². The molecule has 1 aromatic heterocycles. The Morgan fingerprint density at radius 2 is 1.92 bits per heavy atom. The second-order valence-corrected chi connectivity index (χ2v) is 11.4. The lowest BCUT2D eigenvalue weighted by Gasteiger charge is -2.43. The fourth-order valence-corrected chi connectivity index (χ4v) is 6.28. The van der Waals surface area contributed by atoms with Gasteiger partial charge in [-0.3, -0.25) is 4.79 Å². The minimum Gasteiger partial charge on any atom is -0.392 e. The average Bonchev–Trinajstić information content (AvgIpc) is 3.23. The van der Waals surface area contributed by atoms with E-state index in [2.05, 4.69) is 10.6 Å². The van der Waals surface area contributed by atoms with Crippen LogP contribution in [-0.2, 0) is 29.4 Å². The molecule has 0 saturated carbocycles. The van der Waals surface area contributed by atoms with E-state index in [0.717, 1.165) is 4.31 Å². The van der Waals surface area contributed by atoms with Crippen molar-refractivity contribution in [3.63, 3.8) is 0 Å². The summed E-state index contributed by atoms with van der Waals surface area (Å²) in [5, 5.41) is 16.3. The van der Waals surface area contributed by atoms with Crippen molar-refractivity contribution in [1.29, 1.82) is 0 Å². The number of carbonyl (C=O) groups is 2. The van der Waals surface area contributed by atoms with Gasteiger partial charge in [-0.05, 0) is 42.2 Å². The number of carbonyl (C=O) groups excluding carboxylic acids is 2. The lowest BCUT2D eigenvalue weighted by Crippen LogP contribution is -2.60. The fraction of sp³-hybridized carbons (Fsp3) is 0.333. The van der Waals surface area contributed by atoms with Crippen LogP contribution in [0.15, 0.2) is 42.5 Å². The molecule has 3 amide bonds. The number of hydrogen-bond acceptors (Lipinski definition) is 5. The summed E-state index contributed by atoms with van der Waals surface area (Å²) in [6.07, 6.45) is 0.838. The molecule has 37 heavy (non-hydrogen) atoms. The number of benzene rings is 2. The predicted octanol–water partition coefficient (Wildman–Crippen LogP) is 2.87. The summed E-state index contributed by atoms with van der Waals surface area (Å²) in [6.45, 7) is -0.192. The van der Waals surface area contributed by atoms with E-state index in [4.69, 9.17) is 23.2 Å². The molecule has 1 saturated heterocycles. The Bertz CT molecular complexity index is 1480. The third kappa shape index (κ3) is 5.27. The average molecular weight is 568 g/mol. The van der Waals surface area contributed by atoms with Crippen molar-refractivity contribution in [3.8, 4) is 0 Å². The molecule has 1 unspecified atom stereocenters. The molecular weight excluding hydrogens is 541 g/mol. The highest BCUT2D eigenvalue weighted by molar-refractivity contribution is 7.87. The number of rotatable bonds is 6. The second-order valence-electron chi connectivity index (χ2n) is 8.90. The number of urea groups is 1. The maximum absolute atomic E-state index is 13.7. The molecule has 10 nitrogen and oxygen atoms in total. The molecule has 0 aliphatic carbocycles. The van der Waals surface area contributed by atoms with Crippen LogP contribution in [0.3, 0.4) is 0 Å². The van der Waals surface area contributed by atoms with Crippen molar-refractivity contribution in [2.24, 2.45) is 7.05 Å². The molecule has 4 N–H and O–H groups in total. The number of nitrogens with one attached hydrogen (secondary N) is 3. The first-order chi connectivity index (χ1) is 17.5. The maximum atomic E-state index is 13.7. The molecule has 1 aliphatic heterocycles. The molecule has 1 fully saturated rings. The number of nitrogens with zero attached hydrogens (tertiary/aromatic N) is 2. The van der Waals surface area contributed by atoms with Gasteiger partial charge in [-0.15, -0.1) is 0 Å². The van der Waals surface area contributed by atoms with Crippen LogP contribution in [0.4, 0.5) is 4.79 Å². The van der Waals surface area contributed by atoms with E-state index < -0.39 is 27.7 Å². The van der Waals surface area contributed by atoms with Crippen LogP contribution < -0.4 is 15.4 Å². The van der Waals surface area contributed by atoms with Crippen molar-refractivity contribution in [2.45, 2.75) is 25.0 Å². The lowest BCUT2D eigenvalue weighted by molar-refractivity contribution is 0.0835. The molecule has 0 spiro atoms. The zero-order valence-corrected chi connectivity index (χ0v) is 22.5. The number of fused-ring (bicyclic) bond motifs is 1. The smallest absolute Gasteiger partial charge is 0.329 e. The number of aromatic nitrogens is 1. The third-order valence-electron chi connectivity index (χ3n) is 6.61. The second kappa shape index (κ2) is 10.5. The first-order valence-electron chi connectivity index (χ1n) is 11.5. The molecule has 3 aromatic rings. The Labute approximate surface area is 224 Å². The monoisotopic (exact) mass is 567 g/mol. The van der Waals surface area contributed by atoms with Gasteiger partial charge in [-0.2, -0.15) is 12.7 Å². The number of aliphatic hydroxyl groups excluding tert-OH is 1. The highest BCUT2D eigenvalue weighted by Crippen LogP contribution is 2.36. The third-order valence-corrected chi connectivity index (χ3v) is 8.86. The molecule has 1 atom stereocenters. The fourth-order valence-electron chi connectivity index (χ4n) is 4.68. The molecular formula is C24H27Cl2N5O5S. The van der Waals surface area contributed by atoms with Crippen molar-refractivity contribution in [1.82, 2.24) is 24.2 Å². The Kier molecular flexibility index (Phi) is 7.72. The summed E-state index contributed by atoms with van der Waals surface area (Å²) in [5.74, 6) is -0.446. The number of aliphatic hydroxyl groups is 1. The molecule has 2 heterocycles. The molecule has 13 heteroatoms. The molecule has 0 bridgehead atoms. The molecule has 1 aliphatic rings. The van der Waals surface area contributed by atoms with E-state index in [-0.39, 0.29) is 19.7 Å². The van der Waals surface area contributed by atoms with Gasteiger partial charge in [0.05, 0.1) is 22.2 Å². The van der Waals surface area contributed by atoms with Gasteiger partial charge in [0, 0.05) is 38.1 Å². The first kappa shape index (κ1) is 27.2. The Morgan fingerprint density at radius 3 is 2.62 bits per heavy atom. The Hall–Kier alpha value is -2.83. The van der Waals surface area contributed by atoms with Crippen LogP contribution in [0.25, 0.3) is 10.9 Å². The summed E-state index contributed by atoms with van der Waals surface area (Å²) in [6, 6.07) is 11.2. The summed E-state index contributed by atoms with van der Waals surface area (Å²) in [4.78, 5) is 25.5. The zero-order valence-electron chi connectivity index (χ0n) is 20.2. The van der Waals surface area contributed by atoms with Crippen LogP contribution in [0.1, 0.15) is 34.5 Å². The highest BCUT2D eigenvalue weighted by Gasteiger charge is 2.43. The van der Waals surface area contributed by atoms with Gasteiger partial charge in [0.15, 0.2) is 0 Å². The Morgan fingerprint density at radius 1 is 1.16 bits per heavy atom. The SMILES string of the molecule is CNC(=O)NS(=O)(=O)N1CCCC(NC(=O)c2cc3c(Cl)c(Cl)ccc3n2C)(c2cccc(CO)c2)C1. The number of aryl methyl sites for hydroxylation is 1. The standard InChI is InChI=1S/C24H27Cl2N5O5S/c1-27-23(34)29-37(35,36)31-10-4-9-24(14-31,16-6-3-5-15(11-16)13-32)28-22(33)20-12-17-19(30(20)2)8-7-18(25)21(17)26/h3,5-8,11-12,32H,4,9-10,13-14H2,1-2H3,(H,28,33)(H2,27,29,34). The first-order valence-corrected chi connectivity index (χ1v) is 13.7. The summed E-state index contributed by atoms with van der Waals surface area (Å²) in [5.41, 5.74) is 1.11. The maximum Gasteiger partial charge on any atom is 0.329 e. The van der Waals surface area contributed by atoms with Crippen LogP contribution in [0, 0.1) is 0 Å². The predicted molar refractivity (Wildman–Crippen MR) is 142 cm³/mol. The van der Waals surface area contributed by atoms with Crippen molar-refractivity contribution < 1.29 is 23.1 Å². The van der Waals surface area contributed by atoms with Crippen molar-refractivity contribution in [3.05, 3.63) is 69.3 Å². The van der Waals surface area contributed by atoms with E-state index in [1.165, 1.54) is 7.05 Å². The van der Waals surface area contributed by atoms with Crippen LogP contribution in [-0.4, -0.2) is 54.5 Å². The van der Waals surface area contributed by atoms with E-state index in [1.807, 2.05) is 4.72 Å². The number of piperidine rings is 1. The van der Waals surface area contributed by atoms with E-state index in [0.29, 0.717) is 50.6 Å². The van der Waals surface area contributed by atoms with Gasteiger partial charge in [0.25, 0.3) is 5.91 Å². The molecule has 4 rings (SSSR count). The minimum absolute atomic E-state index is 0.128. The topological polar surface area (TPSA) is 133 Å². The summed E-state index contributed by atoms with van der Waals surface area (Å²) < 4.78 is 30.7. The van der Waals surface area contributed by atoms with Gasteiger partial charge >= 0.3 is 16.2 Å². The van der Waals surface area contributed by atoms with Crippen LogP contribution >= 0.6 is 23.2 Å². The van der Waals surface area contributed by atoms with Gasteiger partial charge in [-0.25, -0.2) is 9.52 Å². The quantitative estimate of drug-likeness (QED) is 0.363. The number of hydrogen-bond donors (Lipinski definition) is 4. The van der Waals surface area contributed by atoms with Gasteiger partial charge < -0.3 is 20.3 Å². The minimum atomic E-state index is -4.20. The summed E-state index contributed by atoms with van der Waals surface area (Å²) in [7, 11) is -1.15. The Balaban J connectivity index is 1.76. The molecule has 0 radical (unpaired) electrons. The van der Waals surface area contributed by atoms with Crippen LogP contribution in [0.5, 0.6) is 0 Å².